The Morgan fingerprint density at radius 2 is 1.63 bits per heavy atom. The van der Waals surface area contributed by atoms with Crippen molar-refractivity contribution in [1.29, 1.82) is 0 Å². The van der Waals surface area contributed by atoms with Crippen molar-refractivity contribution in [2.45, 2.75) is 46.1 Å². The lowest BCUT2D eigenvalue weighted by Crippen LogP contribution is -2.26. The average Bonchev–Trinajstić information content (AvgIpc) is 3.24. The quantitative estimate of drug-likeness (QED) is 0.384. The van der Waals surface area contributed by atoms with Gasteiger partial charge in [-0.05, 0) is 56.2 Å². The first-order valence-electron chi connectivity index (χ1n) is 11.4. The third-order valence-electron chi connectivity index (χ3n) is 4.88. The molecule has 0 saturated carbocycles. The molecule has 0 spiro atoms. The van der Waals surface area contributed by atoms with Crippen LogP contribution >= 0.6 is 0 Å². The maximum atomic E-state index is 13.0. The predicted octanol–water partition coefficient (Wildman–Crippen LogP) is 5.19. The number of nitrogens with one attached hydrogen (secondary N) is 1. The van der Waals surface area contributed by atoms with E-state index >= 15 is 0 Å². The molecule has 1 unspecified atom stereocenters. The van der Waals surface area contributed by atoms with E-state index in [9.17, 15) is 18.3 Å². The Balaban J connectivity index is 1.82. The number of halogens is 3. The Kier molecular flexibility index (Phi) is 8.74. The molecule has 0 radical (unpaired) electrons. The minimum absolute atomic E-state index is 0.0416. The number of rotatable bonds is 11. The van der Waals surface area contributed by atoms with E-state index in [1.807, 2.05) is 39.8 Å². The second-order valence-corrected chi connectivity index (χ2v) is 8.87. The molecule has 10 heteroatoms. The zero-order valence-corrected chi connectivity index (χ0v) is 20.2. The molecule has 1 aromatic heterocycles. The molecule has 2 aromatic carbocycles. The van der Waals surface area contributed by atoms with Crippen LogP contribution in [0.5, 0.6) is 6.01 Å². The number of nitrogens with zero attached hydrogens (tertiary/aromatic N) is 3. The van der Waals surface area contributed by atoms with Gasteiger partial charge in [-0.3, -0.25) is 0 Å². The van der Waals surface area contributed by atoms with Crippen molar-refractivity contribution in [3.8, 4) is 23.1 Å². The zero-order valence-electron chi connectivity index (χ0n) is 20.2. The Hall–Kier alpha value is -3.11. The van der Waals surface area contributed by atoms with Crippen molar-refractivity contribution in [1.82, 2.24) is 14.8 Å². The highest BCUT2D eigenvalue weighted by Gasteiger charge is 2.30. The van der Waals surface area contributed by atoms with Crippen LogP contribution in [0.25, 0.3) is 17.1 Å². The number of aliphatic hydroxyl groups is 1. The Labute approximate surface area is 202 Å². The molecule has 7 nitrogen and oxygen atoms in total. The van der Waals surface area contributed by atoms with E-state index in [4.69, 9.17) is 9.47 Å². The molecule has 0 amide bonds. The topological polar surface area (TPSA) is 81.4 Å². The van der Waals surface area contributed by atoms with Crippen LogP contribution in [0.3, 0.4) is 0 Å². The van der Waals surface area contributed by atoms with Crippen LogP contribution in [-0.4, -0.2) is 51.8 Å². The van der Waals surface area contributed by atoms with Crippen LogP contribution in [0.4, 0.5) is 18.9 Å². The number of alkyl halides is 3. The molecule has 35 heavy (non-hydrogen) atoms. The Bertz CT molecular complexity index is 1070. The molecular formula is C25H31F3N4O3. The predicted molar refractivity (Wildman–Crippen MR) is 128 cm³/mol. The first-order valence-corrected chi connectivity index (χ1v) is 11.4. The van der Waals surface area contributed by atoms with E-state index in [-0.39, 0.29) is 24.6 Å². The van der Waals surface area contributed by atoms with Crippen LogP contribution < -0.4 is 10.1 Å². The van der Waals surface area contributed by atoms with Gasteiger partial charge in [0.2, 0.25) is 0 Å². The summed E-state index contributed by atoms with van der Waals surface area (Å²) in [4.78, 5) is 4.42. The van der Waals surface area contributed by atoms with Crippen molar-refractivity contribution in [2.75, 3.05) is 25.1 Å². The lowest BCUT2D eigenvalue weighted by Gasteiger charge is -2.15. The van der Waals surface area contributed by atoms with E-state index in [0.29, 0.717) is 30.2 Å². The van der Waals surface area contributed by atoms with Gasteiger partial charge in [-0.2, -0.15) is 18.2 Å². The van der Waals surface area contributed by atoms with Crippen molar-refractivity contribution in [3.05, 3.63) is 54.1 Å². The maximum absolute atomic E-state index is 13.0. The SMILES string of the molecule is CC(C)COc1nc(-c2ccc(C(F)(F)F)cc2)n(-c2ccc(NCC(O)COC(C)C)cc2)n1. The van der Waals surface area contributed by atoms with Crippen LogP contribution in [0, 0.1) is 5.92 Å². The highest BCUT2D eigenvalue weighted by atomic mass is 19.4. The third-order valence-corrected chi connectivity index (χ3v) is 4.88. The first kappa shape index (κ1) is 26.5. The maximum Gasteiger partial charge on any atom is 0.416 e. The smallest absolute Gasteiger partial charge is 0.416 e. The molecule has 3 aromatic rings. The Morgan fingerprint density at radius 3 is 2.20 bits per heavy atom. The molecule has 1 atom stereocenters. The van der Waals surface area contributed by atoms with Gasteiger partial charge in [0, 0.05) is 17.8 Å². The van der Waals surface area contributed by atoms with E-state index in [1.165, 1.54) is 16.8 Å². The van der Waals surface area contributed by atoms with Crippen LogP contribution in [0.15, 0.2) is 48.5 Å². The molecule has 3 rings (SSSR count). The summed E-state index contributed by atoms with van der Waals surface area (Å²) in [7, 11) is 0. The fourth-order valence-corrected chi connectivity index (χ4v) is 3.09. The minimum Gasteiger partial charge on any atom is -0.462 e. The van der Waals surface area contributed by atoms with Crippen molar-refractivity contribution >= 4 is 5.69 Å². The second kappa shape index (κ2) is 11.5. The summed E-state index contributed by atoms with van der Waals surface area (Å²) in [6.45, 7) is 8.75. The molecule has 0 aliphatic heterocycles. The number of hydrogen-bond donors (Lipinski definition) is 2. The lowest BCUT2D eigenvalue weighted by molar-refractivity contribution is -0.137. The van der Waals surface area contributed by atoms with Gasteiger partial charge in [0.05, 0.1) is 36.7 Å². The highest BCUT2D eigenvalue weighted by Crippen LogP contribution is 2.31. The summed E-state index contributed by atoms with van der Waals surface area (Å²) in [5, 5.41) is 17.6. The van der Waals surface area contributed by atoms with Crippen molar-refractivity contribution < 1.29 is 27.8 Å². The largest absolute Gasteiger partial charge is 0.462 e. The van der Waals surface area contributed by atoms with Gasteiger partial charge < -0.3 is 19.9 Å². The standard InChI is InChI=1S/C25H31F3N4O3/c1-16(2)14-35-24-30-23(18-5-7-19(8-6-18)25(26,27)28)32(31-24)21-11-9-20(10-12-21)29-13-22(33)15-34-17(3)4/h5-12,16-17,22,29,33H,13-15H2,1-4H3. The van der Waals surface area contributed by atoms with E-state index in [0.717, 1.165) is 17.8 Å². The van der Waals surface area contributed by atoms with Gasteiger partial charge in [0.1, 0.15) is 0 Å². The molecule has 2 N–H and O–H groups in total. The minimum atomic E-state index is -4.42. The average molecular weight is 493 g/mol. The van der Waals surface area contributed by atoms with Gasteiger partial charge in [-0.15, -0.1) is 5.10 Å². The van der Waals surface area contributed by atoms with E-state index in [2.05, 4.69) is 15.4 Å². The van der Waals surface area contributed by atoms with Crippen LogP contribution in [0.1, 0.15) is 33.3 Å². The number of aromatic nitrogens is 3. The van der Waals surface area contributed by atoms with Crippen molar-refractivity contribution in [2.24, 2.45) is 5.92 Å². The first-order chi connectivity index (χ1) is 16.5. The molecular weight excluding hydrogens is 461 g/mol. The summed E-state index contributed by atoms with van der Waals surface area (Å²) in [5.74, 6) is 0.613. The van der Waals surface area contributed by atoms with Gasteiger partial charge >= 0.3 is 12.2 Å². The molecule has 1 heterocycles. The van der Waals surface area contributed by atoms with Crippen LogP contribution in [-0.2, 0) is 10.9 Å². The molecule has 0 saturated heterocycles. The zero-order chi connectivity index (χ0) is 25.6. The van der Waals surface area contributed by atoms with Gasteiger partial charge in [0.25, 0.3) is 0 Å². The van der Waals surface area contributed by atoms with Crippen molar-refractivity contribution in [3.63, 3.8) is 0 Å². The molecule has 0 aliphatic carbocycles. The summed E-state index contributed by atoms with van der Waals surface area (Å²) in [5.41, 5.74) is 1.17. The van der Waals surface area contributed by atoms with Gasteiger partial charge in [-0.25, -0.2) is 4.68 Å². The molecule has 0 bridgehead atoms. The summed E-state index contributed by atoms with van der Waals surface area (Å²) in [6.07, 6.45) is -5.03. The number of aliphatic hydroxyl groups excluding tert-OH is 1. The van der Waals surface area contributed by atoms with Crippen LogP contribution in [0.2, 0.25) is 0 Å². The van der Waals surface area contributed by atoms with Gasteiger partial charge in [-0.1, -0.05) is 26.0 Å². The highest BCUT2D eigenvalue weighted by molar-refractivity contribution is 5.60. The fraction of sp³-hybridized carbons (Fsp3) is 0.440. The number of anilines is 1. The summed E-state index contributed by atoms with van der Waals surface area (Å²) < 4.78 is 51.6. The van der Waals surface area contributed by atoms with E-state index in [1.54, 1.807) is 12.1 Å². The third kappa shape index (κ3) is 7.69. The molecule has 190 valence electrons. The monoisotopic (exact) mass is 492 g/mol. The van der Waals surface area contributed by atoms with E-state index < -0.39 is 17.8 Å². The molecule has 0 aliphatic rings. The lowest BCUT2D eigenvalue weighted by atomic mass is 10.1. The Morgan fingerprint density at radius 1 is 0.971 bits per heavy atom. The van der Waals surface area contributed by atoms with Gasteiger partial charge in [0.15, 0.2) is 5.82 Å². The second-order valence-electron chi connectivity index (χ2n) is 8.87. The molecule has 0 fully saturated rings. The normalized spacial score (nSPS) is 12.9. The number of ether oxygens (including phenoxy) is 2. The number of hydrogen-bond acceptors (Lipinski definition) is 6. The summed E-state index contributed by atoms with van der Waals surface area (Å²) >= 11 is 0. The summed E-state index contributed by atoms with van der Waals surface area (Å²) in [6, 6.07) is 12.1. The number of benzene rings is 2. The fourth-order valence-electron chi connectivity index (χ4n) is 3.09.